The van der Waals surface area contributed by atoms with Crippen LogP contribution in [-0.4, -0.2) is 54.2 Å². The molecule has 0 aromatic heterocycles. The summed E-state index contributed by atoms with van der Waals surface area (Å²) >= 11 is 1.66. The molecule has 1 atom stereocenters. The van der Waals surface area contributed by atoms with Gasteiger partial charge in [0.25, 0.3) is 0 Å². The van der Waals surface area contributed by atoms with Gasteiger partial charge in [-0.15, -0.1) is 11.8 Å². The maximum atomic E-state index is 12.3. The fourth-order valence-electron chi connectivity index (χ4n) is 2.85. The molecule has 1 aliphatic rings. The molecule has 0 radical (unpaired) electrons. The quantitative estimate of drug-likeness (QED) is 0.824. The van der Waals surface area contributed by atoms with Gasteiger partial charge in [0.15, 0.2) is 0 Å². The van der Waals surface area contributed by atoms with Gasteiger partial charge in [0.2, 0.25) is 5.91 Å². The molecule has 144 valence electrons. The van der Waals surface area contributed by atoms with Gasteiger partial charge >= 0.3 is 6.03 Å². The zero-order chi connectivity index (χ0) is 19.3. The van der Waals surface area contributed by atoms with Crippen LogP contribution in [0, 0.1) is 0 Å². The lowest BCUT2D eigenvalue weighted by atomic mass is 9.87. The topological polar surface area (TPSA) is 52.7 Å². The number of nitrogens with one attached hydrogen (secondary N) is 1. The van der Waals surface area contributed by atoms with Gasteiger partial charge < -0.3 is 15.1 Å². The summed E-state index contributed by atoms with van der Waals surface area (Å²) in [6, 6.07) is 8.48. The summed E-state index contributed by atoms with van der Waals surface area (Å²) in [5.41, 5.74) is 2.55. The third-order valence-electron chi connectivity index (χ3n) is 4.58. The fourth-order valence-corrected chi connectivity index (χ4v) is 4.06. The van der Waals surface area contributed by atoms with Gasteiger partial charge in [-0.2, -0.15) is 0 Å². The van der Waals surface area contributed by atoms with Crippen molar-refractivity contribution >= 4 is 23.7 Å². The third kappa shape index (κ3) is 5.16. The first-order valence-electron chi connectivity index (χ1n) is 9.24. The minimum absolute atomic E-state index is 0.0311. The highest BCUT2D eigenvalue weighted by Crippen LogP contribution is 2.39. The van der Waals surface area contributed by atoms with Crippen molar-refractivity contribution in [2.24, 2.45) is 0 Å². The standard InChI is InChI=1S/C20H31N3O2S/c1-6-11-21-19(25)22(5)12-13-23-17(24)14-26-18(23)15-7-9-16(10-8-15)20(2,3)4/h7-10,18H,6,11-14H2,1-5H3,(H,21,25)/t18-/m0/s1. The number of amides is 3. The second-order valence-electron chi connectivity index (χ2n) is 7.78. The van der Waals surface area contributed by atoms with E-state index >= 15 is 0 Å². The van der Waals surface area contributed by atoms with E-state index in [0.717, 1.165) is 12.0 Å². The van der Waals surface area contributed by atoms with Crippen LogP contribution in [0.5, 0.6) is 0 Å². The lowest BCUT2D eigenvalue weighted by Gasteiger charge is -2.27. The molecule has 1 heterocycles. The van der Waals surface area contributed by atoms with Crippen LogP contribution >= 0.6 is 11.8 Å². The molecule has 0 unspecified atom stereocenters. The van der Waals surface area contributed by atoms with E-state index in [-0.39, 0.29) is 22.7 Å². The molecule has 0 bridgehead atoms. The van der Waals surface area contributed by atoms with E-state index in [4.69, 9.17) is 0 Å². The molecule has 1 fully saturated rings. The SMILES string of the molecule is CCCNC(=O)N(C)CCN1C(=O)CS[C@H]1c1ccc(C(C)(C)C)cc1. The summed E-state index contributed by atoms with van der Waals surface area (Å²) in [6.07, 6.45) is 0.910. The average Bonchev–Trinajstić information content (AvgIpc) is 2.97. The summed E-state index contributed by atoms with van der Waals surface area (Å²) in [5.74, 6) is 0.638. The van der Waals surface area contributed by atoms with Crippen molar-refractivity contribution < 1.29 is 9.59 Å². The third-order valence-corrected chi connectivity index (χ3v) is 5.84. The van der Waals surface area contributed by atoms with Gasteiger partial charge in [-0.3, -0.25) is 4.79 Å². The number of benzene rings is 1. The lowest BCUT2D eigenvalue weighted by Crippen LogP contribution is -2.42. The number of rotatable bonds is 6. The summed E-state index contributed by atoms with van der Waals surface area (Å²) < 4.78 is 0. The lowest BCUT2D eigenvalue weighted by molar-refractivity contribution is -0.128. The van der Waals surface area contributed by atoms with Crippen molar-refractivity contribution in [3.8, 4) is 0 Å². The summed E-state index contributed by atoms with van der Waals surface area (Å²) in [6.45, 7) is 10.4. The normalized spacial score (nSPS) is 17.5. The molecule has 6 heteroatoms. The van der Waals surface area contributed by atoms with Gasteiger partial charge in [0.1, 0.15) is 5.37 Å². The van der Waals surface area contributed by atoms with Gasteiger partial charge in [-0.1, -0.05) is 52.0 Å². The maximum Gasteiger partial charge on any atom is 0.317 e. The van der Waals surface area contributed by atoms with Crippen LogP contribution in [0.4, 0.5) is 4.79 Å². The second-order valence-corrected chi connectivity index (χ2v) is 8.84. The zero-order valence-corrected chi connectivity index (χ0v) is 17.4. The first kappa shape index (κ1) is 20.6. The predicted octanol–water partition coefficient (Wildman–Crippen LogP) is 3.61. The molecule has 1 aromatic carbocycles. The number of likely N-dealkylation sites (N-methyl/N-ethyl adjacent to an activating group) is 1. The molecule has 3 amide bonds. The maximum absolute atomic E-state index is 12.3. The number of carbonyl (C=O) groups excluding carboxylic acids is 2. The van der Waals surface area contributed by atoms with Crippen LogP contribution in [-0.2, 0) is 10.2 Å². The van der Waals surface area contributed by atoms with Crippen LogP contribution in [0.1, 0.15) is 50.6 Å². The number of nitrogens with zero attached hydrogens (tertiary/aromatic N) is 2. The fraction of sp³-hybridized carbons (Fsp3) is 0.600. The molecule has 26 heavy (non-hydrogen) atoms. The van der Waals surface area contributed by atoms with E-state index in [2.05, 4.69) is 50.4 Å². The molecule has 0 spiro atoms. The average molecular weight is 378 g/mol. The van der Waals surface area contributed by atoms with Crippen molar-refractivity contribution in [1.82, 2.24) is 15.1 Å². The van der Waals surface area contributed by atoms with Crippen molar-refractivity contribution in [2.45, 2.75) is 44.9 Å². The Bertz CT molecular complexity index is 625. The number of thioether (sulfide) groups is 1. The van der Waals surface area contributed by atoms with E-state index < -0.39 is 0 Å². The van der Waals surface area contributed by atoms with E-state index in [1.54, 1.807) is 23.7 Å². The Morgan fingerprint density at radius 2 is 1.96 bits per heavy atom. The van der Waals surface area contributed by atoms with Gasteiger partial charge in [-0.25, -0.2) is 4.79 Å². The van der Waals surface area contributed by atoms with Crippen molar-refractivity contribution in [1.29, 1.82) is 0 Å². The Hall–Kier alpha value is -1.69. The first-order valence-corrected chi connectivity index (χ1v) is 10.3. The Morgan fingerprint density at radius 3 is 2.54 bits per heavy atom. The van der Waals surface area contributed by atoms with Gasteiger partial charge in [0, 0.05) is 26.7 Å². The van der Waals surface area contributed by atoms with Crippen LogP contribution in [0.2, 0.25) is 0 Å². The smallest absolute Gasteiger partial charge is 0.317 e. The highest BCUT2D eigenvalue weighted by atomic mass is 32.2. The van der Waals surface area contributed by atoms with E-state index in [1.165, 1.54) is 5.56 Å². The molecule has 1 aromatic rings. The Morgan fingerprint density at radius 1 is 1.31 bits per heavy atom. The molecule has 2 rings (SSSR count). The van der Waals surface area contributed by atoms with E-state index in [1.807, 2.05) is 11.8 Å². The molecule has 1 N–H and O–H groups in total. The number of hydrogen-bond donors (Lipinski definition) is 1. The highest BCUT2D eigenvalue weighted by molar-refractivity contribution is 8.00. The minimum atomic E-state index is -0.0859. The number of carbonyl (C=O) groups is 2. The predicted molar refractivity (Wildman–Crippen MR) is 108 cm³/mol. The van der Waals surface area contributed by atoms with Crippen molar-refractivity contribution in [2.75, 3.05) is 32.4 Å². The first-order chi connectivity index (χ1) is 12.2. The summed E-state index contributed by atoms with van der Waals surface area (Å²) in [5, 5.41) is 2.89. The Labute approximate surface area is 161 Å². The van der Waals surface area contributed by atoms with E-state index in [9.17, 15) is 9.59 Å². The molecule has 0 aliphatic carbocycles. The molecular weight excluding hydrogens is 346 g/mol. The monoisotopic (exact) mass is 377 g/mol. The summed E-state index contributed by atoms with van der Waals surface area (Å²) in [4.78, 5) is 27.8. The van der Waals surface area contributed by atoms with Crippen LogP contribution in [0.15, 0.2) is 24.3 Å². The summed E-state index contributed by atoms with van der Waals surface area (Å²) in [7, 11) is 1.77. The highest BCUT2D eigenvalue weighted by Gasteiger charge is 2.33. The second kappa shape index (κ2) is 8.80. The van der Waals surface area contributed by atoms with Crippen molar-refractivity contribution in [3.05, 3.63) is 35.4 Å². The Kier molecular flexibility index (Phi) is 6.98. The minimum Gasteiger partial charge on any atom is -0.338 e. The molecule has 0 saturated carbocycles. The van der Waals surface area contributed by atoms with Crippen LogP contribution in [0.25, 0.3) is 0 Å². The number of hydrogen-bond acceptors (Lipinski definition) is 3. The zero-order valence-electron chi connectivity index (χ0n) is 16.5. The molecule has 1 aliphatic heterocycles. The molecule has 5 nitrogen and oxygen atoms in total. The largest absolute Gasteiger partial charge is 0.338 e. The molecule has 1 saturated heterocycles. The Balaban J connectivity index is 2.01. The van der Waals surface area contributed by atoms with Crippen LogP contribution < -0.4 is 5.32 Å². The van der Waals surface area contributed by atoms with Gasteiger partial charge in [0.05, 0.1) is 5.75 Å². The van der Waals surface area contributed by atoms with Crippen molar-refractivity contribution in [3.63, 3.8) is 0 Å². The van der Waals surface area contributed by atoms with Gasteiger partial charge in [-0.05, 0) is 23.0 Å². The molecular formula is C20H31N3O2S. The number of urea groups is 1. The van der Waals surface area contributed by atoms with Crippen LogP contribution in [0.3, 0.4) is 0 Å². The van der Waals surface area contributed by atoms with E-state index in [0.29, 0.717) is 25.4 Å².